The Labute approximate surface area is 151 Å². The zero-order chi connectivity index (χ0) is 19.3. The summed E-state index contributed by atoms with van der Waals surface area (Å²) in [5.74, 6) is -2.54. The number of carbonyl (C=O) groups excluding carboxylic acids is 2. The van der Waals surface area contributed by atoms with E-state index in [-0.39, 0.29) is 28.4 Å². The topological polar surface area (TPSA) is 61.2 Å². The van der Waals surface area contributed by atoms with Gasteiger partial charge < -0.3 is 4.90 Å². The predicted octanol–water partition coefficient (Wildman–Crippen LogP) is 3.55. The first-order valence-electron chi connectivity index (χ1n) is 8.51. The molecule has 0 radical (unpaired) electrons. The number of nitrogens with zero attached hydrogens (tertiary/aromatic N) is 2. The standard InChI is InChI=1S/C20H20F2N2O2/c1-12-6-13(7-15(21)16(12)22)18(26)24-5-4-20(11-24)8-14(9-23)17(25)19(2,3)10-20/h6-8H,4-5,10-11H2,1-3H3/t20-/m1/s1. The van der Waals surface area contributed by atoms with Gasteiger partial charge in [0.2, 0.25) is 0 Å². The number of hydrogen-bond donors (Lipinski definition) is 0. The van der Waals surface area contributed by atoms with Crippen LogP contribution in [0.4, 0.5) is 8.78 Å². The average molecular weight is 358 g/mol. The summed E-state index contributed by atoms with van der Waals surface area (Å²) in [5, 5.41) is 9.28. The van der Waals surface area contributed by atoms with E-state index in [4.69, 9.17) is 0 Å². The number of nitriles is 1. The van der Waals surface area contributed by atoms with Gasteiger partial charge in [-0.3, -0.25) is 9.59 Å². The number of halogens is 2. The molecule has 1 atom stereocenters. The number of Topliss-reactive ketones (excluding diaryl/α,β-unsaturated/α-hetero) is 1. The number of hydrogen-bond acceptors (Lipinski definition) is 3. The van der Waals surface area contributed by atoms with Crippen LogP contribution < -0.4 is 0 Å². The molecule has 1 heterocycles. The zero-order valence-corrected chi connectivity index (χ0v) is 15.0. The van der Waals surface area contributed by atoms with Gasteiger partial charge in [-0.15, -0.1) is 0 Å². The van der Waals surface area contributed by atoms with Crippen molar-refractivity contribution in [3.8, 4) is 6.07 Å². The Morgan fingerprint density at radius 1 is 1.31 bits per heavy atom. The monoisotopic (exact) mass is 358 g/mol. The highest BCUT2D eigenvalue weighted by Crippen LogP contribution is 2.48. The summed E-state index contributed by atoms with van der Waals surface area (Å²) < 4.78 is 27.1. The van der Waals surface area contributed by atoms with Gasteiger partial charge in [0.05, 0.1) is 5.57 Å². The fourth-order valence-corrected chi connectivity index (χ4v) is 4.19. The SMILES string of the molecule is Cc1cc(C(=O)N2CC[C@]3(C=C(C#N)C(=O)C(C)(C)C3)C2)cc(F)c1F. The fraction of sp³-hybridized carbons (Fsp3) is 0.450. The van der Waals surface area contributed by atoms with E-state index in [9.17, 15) is 23.6 Å². The molecule has 4 nitrogen and oxygen atoms in total. The lowest BCUT2D eigenvalue weighted by Gasteiger charge is -2.38. The molecule has 6 heteroatoms. The van der Waals surface area contributed by atoms with Crippen molar-refractivity contribution in [1.82, 2.24) is 4.90 Å². The normalized spacial score (nSPS) is 24.5. The minimum Gasteiger partial charge on any atom is -0.338 e. The highest BCUT2D eigenvalue weighted by atomic mass is 19.2. The Balaban J connectivity index is 1.89. The van der Waals surface area contributed by atoms with Crippen molar-refractivity contribution in [2.75, 3.05) is 13.1 Å². The van der Waals surface area contributed by atoms with Gasteiger partial charge in [0.15, 0.2) is 17.4 Å². The Hall–Kier alpha value is -2.55. The van der Waals surface area contributed by atoms with E-state index >= 15 is 0 Å². The number of likely N-dealkylation sites (tertiary alicyclic amines) is 1. The maximum atomic E-state index is 13.6. The van der Waals surface area contributed by atoms with Gasteiger partial charge in [0.1, 0.15) is 6.07 Å². The summed E-state index contributed by atoms with van der Waals surface area (Å²) in [6.07, 6.45) is 2.87. The maximum absolute atomic E-state index is 13.6. The van der Waals surface area contributed by atoms with Gasteiger partial charge in [0.25, 0.3) is 5.91 Å². The third kappa shape index (κ3) is 2.92. The van der Waals surface area contributed by atoms with Gasteiger partial charge in [-0.1, -0.05) is 19.9 Å². The number of rotatable bonds is 1. The molecule has 0 unspecified atom stereocenters. The van der Waals surface area contributed by atoms with Crippen molar-refractivity contribution in [1.29, 1.82) is 5.26 Å². The van der Waals surface area contributed by atoms with Crippen LogP contribution in [-0.2, 0) is 4.79 Å². The van der Waals surface area contributed by atoms with Crippen LogP contribution in [0.3, 0.4) is 0 Å². The minimum absolute atomic E-state index is 0.0818. The molecule has 1 spiro atoms. The summed E-state index contributed by atoms with van der Waals surface area (Å²) in [6.45, 7) is 5.83. The number of benzene rings is 1. The van der Waals surface area contributed by atoms with E-state index in [1.807, 2.05) is 19.9 Å². The van der Waals surface area contributed by atoms with Gasteiger partial charge in [-0.05, 0) is 37.5 Å². The Kier molecular flexibility index (Phi) is 4.22. The quantitative estimate of drug-likeness (QED) is 0.771. The molecule has 0 N–H and O–H groups in total. The van der Waals surface area contributed by atoms with Gasteiger partial charge in [-0.2, -0.15) is 5.26 Å². The second kappa shape index (κ2) is 6.01. The summed E-state index contributed by atoms with van der Waals surface area (Å²) in [7, 11) is 0. The van der Waals surface area contributed by atoms with Crippen molar-refractivity contribution in [3.63, 3.8) is 0 Å². The number of allylic oxidation sites excluding steroid dienone is 1. The smallest absolute Gasteiger partial charge is 0.253 e. The molecule has 0 bridgehead atoms. The highest BCUT2D eigenvalue weighted by molar-refractivity contribution is 6.04. The zero-order valence-electron chi connectivity index (χ0n) is 15.0. The van der Waals surface area contributed by atoms with E-state index in [0.29, 0.717) is 25.9 Å². The molecule has 1 fully saturated rings. The molecule has 1 amide bonds. The summed E-state index contributed by atoms with van der Waals surface area (Å²) >= 11 is 0. The van der Waals surface area contributed by atoms with Crippen molar-refractivity contribution in [2.24, 2.45) is 10.8 Å². The summed E-state index contributed by atoms with van der Waals surface area (Å²) in [4.78, 5) is 26.6. The lowest BCUT2D eigenvalue weighted by atomic mass is 9.64. The molecule has 3 rings (SSSR count). The number of ketones is 1. The van der Waals surface area contributed by atoms with Crippen LogP contribution in [0.2, 0.25) is 0 Å². The molecule has 1 saturated heterocycles. The van der Waals surface area contributed by atoms with E-state index in [0.717, 1.165) is 6.07 Å². The number of aryl methyl sites for hydroxylation is 1. The van der Waals surface area contributed by atoms with Gasteiger partial charge >= 0.3 is 0 Å². The van der Waals surface area contributed by atoms with Gasteiger partial charge in [0, 0.05) is 29.5 Å². The minimum atomic E-state index is -1.04. The number of amides is 1. The Bertz CT molecular complexity index is 859. The summed E-state index contributed by atoms with van der Waals surface area (Å²) in [5.41, 5.74) is -0.782. The van der Waals surface area contributed by atoms with E-state index in [1.54, 1.807) is 11.0 Å². The first-order chi connectivity index (χ1) is 12.1. The molecule has 26 heavy (non-hydrogen) atoms. The van der Waals surface area contributed by atoms with Crippen LogP contribution in [0.1, 0.15) is 42.6 Å². The summed E-state index contributed by atoms with van der Waals surface area (Å²) in [6, 6.07) is 4.24. The lowest BCUT2D eigenvalue weighted by molar-refractivity contribution is -0.125. The van der Waals surface area contributed by atoms with Gasteiger partial charge in [-0.25, -0.2) is 8.78 Å². The highest BCUT2D eigenvalue weighted by Gasteiger charge is 2.48. The van der Waals surface area contributed by atoms with Crippen molar-refractivity contribution >= 4 is 11.7 Å². The van der Waals surface area contributed by atoms with Crippen molar-refractivity contribution in [3.05, 3.63) is 46.5 Å². The molecule has 0 saturated carbocycles. The third-order valence-corrected chi connectivity index (χ3v) is 5.35. The molecule has 1 aromatic carbocycles. The second-order valence-electron chi connectivity index (χ2n) is 7.99. The first kappa shape index (κ1) is 18.2. The lowest BCUT2D eigenvalue weighted by Crippen LogP contribution is -2.40. The van der Waals surface area contributed by atoms with Crippen molar-refractivity contribution in [2.45, 2.75) is 33.6 Å². The molecule has 1 aliphatic carbocycles. The second-order valence-corrected chi connectivity index (χ2v) is 7.99. The van der Waals surface area contributed by atoms with E-state index in [2.05, 4.69) is 0 Å². The Morgan fingerprint density at radius 3 is 2.62 bits per heavy atom. The third-order valence-electron chi connectivity index (χ3n) is 5.35. The molecule has 1 aromatic rings. The van der Waals surface area contributed by atoms with Crippen LogP contribution in [0, 0.1) is 40.7 Å². The average Bonchev–Trinajstić information content (AvgIpc) is 2.97. The molecular formula is C20H20F2N2O2. The van der Waals surface area contributed by atoms with E-state index in [1.165, 1.54) is 13.0 Å². The molecule has 0 aromatic heterocycles. The van der Waals surface area contributed by atoms with Crippen LogP contribution in [-0.4, -0.2) is 29.7 Å². The maximum Gasteiger partial charge on any atom is 0.253 e. The molecule has 136 valence electrons. The Morgan fingerprint density at radius 2 is 2.00 bits per heavy atom. The predicted molar refractivity (Wildman–Crippen MR) is 91.1 cm³/mol. The number of carbonyl (C=O) groups is 2. The largest absolute Gasteiger partial charge is 0.338 e. The van der Waals surface area contributed by atoms with E-state index < -0.39 is 22.5 Å². The molecular weight excluding hydrogens is 338 g/mol. The van der Waals surface area contributed by atoms with Crippen molar-refractivity contribution < 1.29 is 18.4 Å². The fourth-order valence-electron chi connectivity index (χ4n) is 4.19. The van der Waals surface area contributed by atoms with Crippen LogP contribution in [0.5, 0.6) is 0 Å². The molecule has 1 aliphatic heterocycles. The van der Waals surface area contributed by atoms with Crippen LogP contribution in [0.15, 0.2) is 23.8 Å². The first-order valence-corrected chi connectivity index (χ1v) is 8.51. The van der Waals surface area contributed by atoms with Crippen LogP contribution >= 0.6 is 0 Å². The van der Waals surface area contributed by atoms with Crippen LogP contribution in [0.25, 0.3) is 0 Å². The molecule has 2 aliphatic rings.